The van der Waals surface area contributed by atoms with Gasteiger partial charge in [0, 0.05) is 37.1 Å². The van der Waals surface area contributed by atoms with Crippen LogP contribution in [0.3, 0.4) is 0 Å². The molecule has 248 valence electrons. The maximum absolute atomic E-state index is 14.0. The number of H-pyrrole nitrogens is 1. The number of nitrogens with two attached hydrogens (primary N) is 1. The summed E-state index contributed by atoms with van der Waals surface area (Å²) in [5, 5.41) is 12.3. The summed E-state index contributed by atoms with van der Waals surface area (Å²) in [6, 6.07) is 3.27. The lowest BCUT2D eigenvalue weighted by Gasteiger charge is -2.33. The Morgan fingerprint density at radius 2 is 1.51 bits per heavy atom. The van der Waals surface area contributed by atoms with Crippen molar-refractivity contribution >= 4 is 40.4 Å². The van der Waals surface area contributed by atoms with E-state index in [1.54, 1.807) is 14.0 Å². The molecule has 1 aromatic carbocycles. The molecule has 45 heavy (non-hydrogen) atoms. The molecule has 1 aliphatic rings. The van der Waals surface area contributed by atoms with E-state index in [0.717, 1.165) is 16.5 Å². The third-order valence-electron chi connectivity index (χ3n) is 8.20. The zero-order valence-electron chi connectivity index (χ0n) is 27.4. The summed E-state index contributed by atoms with van der Waals surface area (Å²) in [7, 11) is 1.55. The Kier molecular flexibility index (Phi) is 13.0. The summed E-state index contributed by atoms with van der Waals surface area (Å²) in [5.41, 5.74) is 7.89. The number of fused-ring (bicyclic) bond motifs is 1. The number of amides is 5. The highest BCUT2D eigenvalue weighted by Crippen LogP contribution is 2.20. The Labute approximate surface area is 266 Å². The van der Waals surface area contributed by atoms with Gasteiger partial charge < -0.3 is 36.9 Å². The standard InChI is InChI=1S/C33H51N7O5/c1-19(2)15-27-33(45)40(6)28(16-20(3)4)32(44)38-26(17-22-18-36-25-13-8-7-11-23(22)25)31(43)35-14-10-9-12-24(34)30(42)37-21(5)29(41)39-27/h7-8,11,13,18-21,24,26-28,36H,9-10,12,14-17,34H2,1-6H3,(H,35,43)(H,37,42)(H,38,44)(H,39,41)/t21-,24+,26-,27-,28-/m0/s1. The van der Waals surface area contributed by atoms with Gasteiger partial charge in [-0.15, -0.1) is 0 Å². The minimum Gasteiger partial charge on any atom is -0.361 e. The van der Waals surface area contributed by atoms with Crippen LogP contribution in [0.2, 0.25) is 0 Å². The van der Waals surface area contributed by atoms with Crippen LogP contribution in [0.5, 0.6) is 0 Å². The second-order valence-electron chi connectivity index (χ2n) is 13.0. The Hall–Kier alpha value is -3.93. The SMILES string of the molecule is CC(C)C[C@@H]1NC(=O)[C@H](C)NC(=O)[C@H](N)CCCCNC(=O)[C@H](Cc2c[nH]c3ccccc23)NC(=O)[C@H](CC(C)C)N(C)C1=O. The molecule has 1 saturated heterocycles. The van der Waals surface area contributed by atoms with E-state index in [-0.39, 0.29) is 24.2 Å². The first kappa shape index (κ1) is 35.5. The van der Waals surface area contributed by atoms with Crippen molar-refractivity contribution in [2.75, 3.05) is 13.6 Å². The van der Waals surface area contributed by atoms with Crippen LogP contribution in [0, 0.1) is 11.8 Å². The average Bonchev–Trinajstić information content (AvgIpc) is 3.39. The van der Waals surface area contributed by atoms with Crippen LogP contribution < -0.4 is 27.0 Å². The van der Waals surface area contributed by atoms with E-state index in [4.69, 9.17) is 5.73 Å². The van der Waals surface area contributed by atoms with Gasteiger partial charge in [0.1, 0.15) is 24.2 Å². The summed E-state index contributed by atoms with van der Waals surface area (Å²) in [6.45, 7) is 9.66. The summed E-state index contributed by atoms with van der Waals surface area (Å²) in [6.07, 6.45) is 4.26. The van der Waals surface area contributed by atoms with Crippen molar-refractivity contribution in [3.05, 3.63) is 36.0 Å². The van der Waals surface area contributed by atoms with Gasteiger partial charge in [0.05, 0.1) is 6.04 Å². The largest absolute Gasteiger partial charge is 0.361 e. The second kappa shape index (κ2) is 16.4. The number of hydrogen-bond acceptors (Lipinski definition) is 6. The van der Waals surface area contributed by atoms with Crippen molar-refractivity contribution in [2.24, 2.45) is 17.6 Å². The molecule has 0 unspecified atom stereocenters. The van der Waals surface area contributed by atoms with Gasteiger partial charge in [0.2, 0.25) is 29.5 Å². The number of hydrogen-bond donors (Lipinski definition) is 6. The molecule has 12 nitrogen and oxygen atoms in total. The van der Waals surface area contributed by atoms with E-state index in [1.165, 1.54) is 4.90 Å². The summed E-state index contributed by atoms with van der Waals surface area (Å²) >= 11 is 0. The predicted molar refractivity (Wildman–Crippen MR) is 174 cm³/mol. The second-order valence-corrected chi connectivity index (χ2v) is 13.0. The number of benzene rings is 1. The lowest BCUT2D eigenvalue weighted by atomic mass is 9.97. The molecule has 1 aliphatic heterocycles. The zero-order chi connectivity index (χ0) is 33.3. The van der Waals surface area contributed by atoms with E-state index in [1.807, 2.05) is 58.2 Å². The molecule has 3 rings (SSSR count). The van der Waals surface area contributed by atoms with Crippen LogP contribution in [-0.4, -0.2) is 83.2 Å². The van der Waals surface area contributed by atoms with E-state index in [9.17, 15) is 24.0 Å². The molecule has 0 spiro atoms. The minimum absolute atomic E-state index is 0.0502. The molecule has 2 heterocycles. The first-order valence-corrected chi connectivity index (χ1v) is 16.0. The van der Waals surface area contributed by atoms with Crippen molar-refractivity contribution < 1.29 is 24.0 Å². The Bertz CT molecular complexity index is 1340. The molecule has 1 aromatic heterocycles. The first-order chi connectivity index (χ1) is 21.3. The molecule has 2 aromatic rings. The fraction of sp³-hybridized carbons (Fsp3) is 0.606. The summed E-state index contributed by atoms with van der Waals surface area (Å²) in [5.74, 6) is -2.09. The number of nitrogens with zero attached hydrogens (tertiary/aromatic N) is 1. The van der Waals surface area contributed by atoms with Crippen LogP contribution in [0.15, 0.2) is 30.5 Å². The lowest BCUT2D eigenvalue weighted by Crippen LogP contribution is -2.59. The zero-order valence-corrected chi connectivity index (χ0v) is 27.4. The van der Waals surface area contributed by atoms with Gasteiger partial charge in [-0.3, -0.25) is 24.0 Å². The van der Waals surface area contributed by atoms with Gasteiger partial charge in [-0.2, -0.15) is 0 Å². The maximum Gasteiger partial charge on any atom is 0.245 e. The number of likely N-dealkylation sites (N-methyl/N-ethyl adjacent to an activating group) is 1. The fourth-order valence-corrected chi connectivity index (χ4v) is 5.62. The van der Waals surface area contributed by atoms with Crippen molar-refractivity contribution in [2.45, 2.75) is 103 Å². The lowest BCUT2D eigenvalue weighted by molar-refractivity contribution is -0.143. The van der Waals surface area contributed by atoms with Gasteiger partial charge in [0.15, 0.2) is 0 Å². The molecule has 1 fully saturated rings. The molecule has 5 amide bonds. The first-order valence-electron chi connectivity index (χ1n) is 16.0. The number of carbonyl (C=O) groups excluding carboxylic acids is 5. The molecule has 0 radical (unpaired) electrons. The normalized spacial score (nSPS) is 25.3. The van der Waals surface area contributed by atoms with Gasteiger partial charge in [-0.25, -0.2) is 0 Å². The van der Waals surface area contributed by atoms with Gasteiger partial charge in [0.25, 0.3) is 0 Å². The number of rotatable bonds is 6. The molecule has 0 bridgehead atoms. The molecule has 5 atom stereocenters. The highest BCUT2D eigenvalue weighted by Gasteiger charge is 2.35. The average molecular weight is 626 g/mol. The number of carbonyl (C=O) groups is 5. The number of aromatic amines is 1. The third-order valence-corrected chi connectivity index (χ3v) is 8.20. The molecular formula is C33H51N7O5. The predicted octanol–water partition coefficient (Wildman–Crippen LogP) is 1.73. The third kappa shape index (κ3) is 10.0. The quantitative estimate of drug-likeness (QED) is 0.285. The summed E-state index contributed by atoms with van der Waals surface area (Å²) in [4.78, 5) is 71.8. The Balaban J connectivity index is 1.96. The van der Waals surface area contributed by atoms with E-state index in [0.29, 0.717) is 38.6 Å². The Morgan fingerprint density at radius 3 is 2.20 bits per heavy atom. The van der Waals surface area contributed by atoms with Crippen LogP contribution in [0.4, 0.5) is 0 Å². The van der Waals surface area contributed by atoms with E-state index >= 15 is 0 Å². The Morgan fingerprint density at radius 1 is 0.844 bits per heavy atom. The number of aromatic nitrogens is 1. The number of nitrogens with one attached hydrogen (secondary N) is 5. The van der Waals surface area contributed by atoms with Crippen molar-refractivity contribution in [3.63, 3.8) is 0 Å². The number of para-hydroxylation sites is 1. The van der Waals surface area contributed by atoms with Crippen molar-refractivity contribution in [1.82, 2.24) is 31.2 Å². The van der Waals surface area contributed by atoms with Crippen LogP contribution in [0.25, 0.3) is 10.9 Å². The van der Waals surface area contributed by atoms with E-state index in [2.05, 4.69) is 26.3 Å². The fourth-order valence-electron chi connectivity index (χ4n) is 5.62. The monoisotopic (exact) mass is 625 g/mol. The van der Waals surface area contributed by atoms with Gasteiger partial charge in [-0.1, -0.05) is 45.9 Å². The minimum atomic E-state index is -0.926. The smallest absolute Gasteiger partial charge is 0.245 e. The molecule has 0 saturated carbocycles. The maximum atomic E-state index is 14.0. The van der Waals surface area contributed by atoms with Crippen molar-refractivity contribution in [3.8, 4) is 0 Å². The van der Waals surface area contributed by atoms with Crippen LogP contribution in [-0.2, 0) is 30.4 Å². The highest BCUT2D eigenvalue weighted by atomic mass is 16.2. The topological polar surface area (TPSA) is 179 Å². The van der Waals surface area contributed by atoms with E-state index < -0.39 is 53.8 Å². The molecule has 0 aliphatic carbocycles. The molecular weight excluding hydrogens is 574 g/mol. The van der Waals surface area contributed by atoms with Gasteiger partial charge >= 0.3 is 0 Å². The molecule has 12 heteroatoms. The highest BCUT2D eigenvalue weighted by molar-refractivity contribution is 5.96. The van der Waals surface area contributed by atoms with Crippen LogP contribution >= 0.6 is 0 Å². The van der Waals surface area contributed by atoms with Gasteiger partial charge in [-0.05, 0) is 62.5 Å². The van der Waals surface area contributed by atoms with Crippen molar-refractivity contribution in [1.29, 1.82) is 0 Å². The molecule has 7 N–H and O–H groups in total. The van der Waals surface area contributed by atoms with Crippen LogP contribution in [0.1, 0.15) is 72.3 Å². The summed E-state index contributed by atoms with van der Waals surface area (Å²) < 4.78 is 0.